The van der Waals surface area contributed by atoms with Gasteiger partial charge in [0.2, 0.25) is 0 Å². The number of methoxy groups -OCH3 is 2. The number of carbonyl (C=O) groups excluding carboxylic acids is 2. The molecule has 2 rings (SSSR count). The summed E-state index contributed by atoms with van der Waals surface area (Å²) in [5.74, 6) is -0.951. The average Bonchev–Trinajstić information content (AvgIpc) is 2.61. The number of fused-ring (bicyclic) bond motifs is 2. The first-order valence-electron chi connectivity index (χ1n) is 8.53. The highest BCUT2D eigenvalue weighted by Gasteiger charge is 2.29. The molecule has 4 nitrogen and oxygen atoms in total. The van der Waals surface area contributed by atoms with Crippen LogP contribution in [0.3, 0.4) is 0 Å². The van der Waals surface area contributed by atoms with Crippen molar-refractivity contribution in [3.8, 4) is 0 Å². The summed E-state index contributed by atoms with van der Waals surface area (Å²) in [6, 6.07) is 0. The minimum atomic E-state index is -0.476. The Bertz CT molecular complexity index is 637. The van der Waals surface area contributed by atoms with Crippen LogP contribution in [0.2, 0.25) is 0 Å². The number of halogens is 1. The molecule has 0 N–H and O–H groups in total. The van der Waals surface area contributed by atoms with Crippen LogP contribution in [-0.2, 0) is 22.3 Å². The lowest BCUT2D eigenvalue weighted by Crippen LogP contribution is -2.19. The summed E-state index contributed by atoms with van der Waals surface area (Å²) in [7, 11) is 2.69. The average molecular weight is 397 g/mol. The van der Waals surface area contributed by atoms with Crippen molar-refractivity contribution in [2.75, 3.05) is 14.2 Å². The first-order chi connectivity index (χ1) is 11.5. The largest absolute Gasteiger partial charge is 0.465 e. The molecule has 1 aliphatic rings. The van der Waals surface area contributed by atoms with Crippen LogP contribution in [0.5, 0.6) is 0 Å². The number of hydrogen-bond donors (Lipinski definition) is 0. The zero-order valence-electron chi connectivity index (χ0n) is 14.7. The molecule has 1 aromatic rings. The van der Waals surface area contributed by atoms with Gasteiger partial charge in [-0.3, -0.25) is 0 Å². The fourth-order valence-electron chi connectivity index (χ4n) is 3.47. The van der Waals surface area contributed by atoms with E-state index in [4.69, 9.17) is 9.47 Å². The van der Waals surface area contributed by atoms with E-state index in [-0.39, 0.29) is 0 Å². The number of esters is 2. The molecule has 2 bridgehead atoms. The van der Waals surface area contributed by atoms with Crippen molar-refractivity contribution >= 4 is 27.9 Å². The van der Waals surface area contributed by atoms with Gasteiger partial charge in [-0.25, -0.2) is 9.59 Å². The van der Waals surface area contributed by atoms with E-state index >= 15 is 0 Å². The third-order valence-electron chi connectivity index (χ3n) is 4.79. The molecular formula is C19H25BrO4. The Hall–Kier alpha value is -1.36. The first-order valence-corrected chi connectivity index (χ1v) is 9.32. The molecule has 0 saturated carbocycles. The Morgan fingerprint density at radius 2 is 1.25 bits per heavy atom. The zero-order valence-corrected chi connectivity index (χ0v) is 16.3. The molecule has 0 saturated heterocycles. The van der Waals surface area contributed by atoms with Crippen molar-refractivity contribution in [1.29, 1.82) is 0 Å². The number of hydrogen-bond acceptors (Lipinski definition) is 4. The van der Waals surface area contributed by atoms with Crippen LogP contribution in [0.15, 0.2) is 4.47 Å². The summed E-state index contributed by atoms with van der Waals surface area (Å²) in [5.41, 5.74) is 3.52. The molecule has 0 unspecified atom stereocenters. The van der Waals surface area contributed by atoms with Crippen molar-refractivity contribution in [3.63, 3.8) is 0 Å². The molecule has 0 spiro atoms. The van der Waals surface area contributed by atoms with E-state index in [1.807, 2.05) is 6.92 Å². The van der Waals surface area contributed by atoms with Gasteiger partial charge in [-0.05, 0) is 49.3 Å². The van der Waals surface area contributed by atoms with Gasteiger partial charge in [-0.2, -0.15) is 0 Å². The predicted molar refractivity (Wildman–Crippen MR) is 96.7 cm³/mol. The van der Waals surface area contributed by atoms with Crippen LogP contribution in [-0.4, -0.2) is 26.2 Å². The second-order valence-corrected chi connectivity index (χ2v) is 7.04. The molecule has 0 aromatic heterocycles. The summed E-state index contributed by atoms with van der Waals surface area (Å²) >= 11 is 3.71. The second-order valence-electron chi connectivity index (χ2n) is 6.25. The minimum Gasteiger partial charge on any atom is -0.465 e. The van der Waals surface area contributed by atoms with Gasteiger partial charge >= 0.3 is 11.9 Å². The monoisotopic (exact) mass is 396 g/mol. The molecular weight excluding hydrogens is 372 g/mol. The normalized spacial score (nSPS) is 15.3. The summed E-state index contributed by atoms with van der Waals surface area (Å²) in [6.07, 6.45) is 8.48. The van der Waals surface area contributed by atoms with Crippen molar-refractivity contribution in [2.45, 2.75) is 58.3 Å². The van der Waals surface area contributed by atoms with Crippen LogP contribution in [0, 0.1) is 6.92 Å². The van der Waals surface area contributed by atoms with E-state index in [1.165, 1.54) is 33.5 Å². The Kier molecular flexibility index (Phi) is 6.84. The van der Waals surface area contributed by atoms with Gasteiger partial charge < -0.3 is 9.47 Å². The number of benzene rings is 1. The first kappa shape index (κ1) is 19.0. The van der Waals surface area contributed by atoms with Gasteiger partial charge in [-0.15, -0.1) is 0 Å². The molecule has 0 aliphatic heterocycles. The van der Waals surface area contributed by atoms with Crippen LogP contribution in [0.1, 0.15) is 75.9 Å². The van der Waals surface area contributed by atoms with Crippen LogP contribution < -0.4 is 0 Å². The fourth-order valence-corrected chi connectivity index (χ4v) is 4.37. The highest BCUT2D eigenvalue weighted by molar-refractivity contribution is 9.10. The van der Waals surface area contributed by atoms with E-state index in [0.29, 0.717) is 11.1 Å². The van der Waals surface area contributed by atoms with Gasteiger partial charge in [0.25, 0.3) is 0 Å². The van der Waals surface area contributed by atoms with Gasteiger partial charge in [-0.1, -0.05) is 41.6 Å². The molecule has 5 heteroatoms. The third-order valence-corrected chi connectivity index (χ3v) is 5.75. The van der Waals surface area contributed by atoms with E-state index in [0.717, 1.165) is 53.3 Å². The van der Waals surface area contributed by atoms with E-state index in [2.05, 4.69) is 15.9 Å². The topological polar surface area (TPSA) is 52.6 Å². The molecule has 132 valence electrons. The molecule has 1 aromatic carbocycles. The highest BCUT2D eigenvalue weighted by Crippen LogP contribution is 2.36. The van der Waals surface area contributed by atoms with Gasteiger partial charge in [0, 0.05) is 4.47 Å². The van der Waals surface area contributed by atoms with Crippen molar-refractivity contribution in [3.05, 3.63) is 32.3 Å². The fraction of sp³-hybridized carbons (Fsp3) is 0.579. The van der Waals surface area contributed by atoms with E-state index in [1.54, 1.807) is 0 Å². The van der Waals surface area contributed by atoms with Crippen LogP contribution in [0.4, 0.5) is 0 Å². The summed E-state index contributed by atoms with van der Waals surface area (Å²) < 4.78 is 10.9. The van der Waals surface area contributed by atoms with E-state index < -0.39 is 11.9 Å². The SMILES string of the molecule is COC(=O)c1c(C)c2c(Br)c(c1C(=O)OC)CCCCCCCC2. The maximum atomic E-state index is 12.4. The standard InChI is InChI=1S/C19H25BrO4/c1-12-13-10-8-6-4-5-7-9-11-14(17(13)20)16(19(22)24-3)15(12)18(21)23-2/h4-11H2,1-3H3. The quantitative estimate of drug-likeness (QED) is 0.675. The zero-order chi connectivity index (χ0) is 17.7. The van der Waals surface area contributed by atoms with Gasteiger partial charge in [0.15, 0.2) is 0 Å². The molecule has 0 amide bonds. The number of rotatable bonds is 2. The third kappa shape index (κ3) is 3.82. The molecule has 0 fully saturated rings. The summed E-state index contributed by atoms with van der Waals surface area (Å²) in [4.78, 5) is 24.8. The van der Waals surface area contributed by atoms with Crippen molar-refractivity contribution in [2.24, 2.45) is 0 Å². The smallest absolute Gasteiger partial charge is 0.339 e. The molecule has 24 heavy (non-hydrogen) atoms. The van der Waals surface area contributed by atoms with Crippen LogP contribution >= 0.6 is 15.9 Å². The Morgan fingerprint density at radius 1 is 0.792 bits per heavy atom. The molecule has 0 atom stereocenters. The lowest BCUT2D eigenvalue weighted by atomic mass is 9.88. The van der Waals surface area contributed by atoms with Gasteiger partial charge in [0.05, 0.1) is 25.3 Å². The molecule has 1 aliphatic carbocycles. The van der Waals surface area contributed by atoms with E-state index in [9.17, 15) is 9.59 Å². The summed E-state index contributed by atoms with van der Waals surface area (Å²) in [5, 5.41) is 0. The lowest BCUT2D eigenvalue weighted by Gasteiger charge is -2.20. The highest BCUT2D eigenvalue weighted by atomic mass is 79.9. The van der Waals surface area contributed by atoms with Crippen molar-refractivity contribution in [1.82, 2.24) is 0 Å². The number of ether oxygens (including phenoxy) is 2. The van der Waals surface area contributed by atoms with Gasteiger partial charge in [0.1, 0.15) is 0 Å². The van der Waals surface area contributed by atoms with Crippen molar-refractivity contribution < 1.29 is 19.1 Å². The van der Waals surface area contributed by atoms with Crippen LogP contribution in [0.25, 0.3) is 0 Å². The Morgan fingerprint density at radius 3 is 1.79 bits per heavy atom. The number of carbonyl (C=O) groups is 2. The Balaban J connectivity index is 2.73. The second kappa shape index (κ2) is 8.65. The Labute approximate surface area is 152 Å². The molecule has 0 heterocycles. The minimum absolute atomic E-state index is 0.358. The lowest BCUT2D eigenvalue weighted by molar-refractivity contribution is 0.0553. The maximum Gasteiger partial charge on any atom is 0.339 e. The predicted octanol–water partition coefficient (Wildman–Crippen LogP) is 4.77. The summed E-state index contributed by atoms with van der Waals surface area (Å²) in [6.45, 7) is 1.89. The maximum absolute atomic E-state index is 12.4. The molecule has 0 radical (unpaired) electrons.